The van der Waals surface area contributed by atoms with Gasteiger partial charge in [0.15, 0.2) is 0 Å². The largest absolute Gasteiger partial charge is 0.508 e. The summed E-state index contributed by atoms with van der Waals surface area (Å²) in [6.45, 7) is 0. The first-order valence-electron chi connectivity index (χ1n) is 7.10. The van der Waals surface area contributed by atoms with E-state index in [9.17, 15) is 9.90 Å². The lowest BCUT2D eigenvalue weighted by atomic mass is 10.00. The van der Waals surface area contributed by atoms with Crippen molar-refractivity contribution >= 4 is 22.4 Å². The minimum absolute atomic E-state index is 0.0827. The first-order valence-corrected chi connectivity index (χ1v) is 7.10. The van der Waals surface area contributed by atoms with Crippen LogP contribution in [-0.2, 0) is 0 Å². The van der Waals surface area contributed by atoms with E-state index in [1.165, 1.54) is 6.07 Å². The summed E-state index contributed by atoms with van der Waals surface area (Å²) in [5.41, 5.74) is 2.20. The molecule has 3 N–H and O–H groups in total. The van der Waals surface area contributed by atoms with Crippen LogP contribution in [0.3, 0.4) is 0 Å². The molecule has 4 rings (SSSR count). The van der Waals surface area contributed by atoms with Crippen molar-refractivity contribution in [2.75, 3.05) is 5.32 Å². The van der Waals surface area contributed by atoms with E-state index in [1.807, 2.05) is 30.3 Å². The molecule has 4 heteroatoms. The number of aromatic hydroxyl groups is 1. The highest BCUT2D eigenvalue weighted by Gasteiger charge is 2.25. The Labute approximate surface area is 127 Å². The number of amides is 1. The van der Waals surface area contributed by atoms with Gasteiger partial charge < -0.3 is 15.7 Å². The summed E-state index contributed by atoms with van der Waals surface area (Å²) in [6, 6.07) is 18.9. The second kappa shape index (κ2) is 4.77. The molecule has 1 amide bonds. The Morgan fingerprint density at radius 3 is 2.64 bits per heavy atom. The number of hydrogen-bond acceptors (Lipinski definition) is 3. The molecule has 0 aromatic heterocycles. The van der Waals surface area contributed by atoms with Gasteiger partial charge in [0.25, 0.3) is 5.91 Å². The molecule has 22 heavy (non-hydrogen) atoms. The molecule has 0 unspecified atom stereocenters. The van der Waals surface area contributed by atoms with E-state index in [-0.39, 0.29) is 17.8 Å². The number of rotatable bonds is 1. The van der Waals surface area contributed by atoms with Gasteiger partial charge in [-0.3, -0.25) is 4.79 Å². The lowest BCUT2D eigenvalue weighted by molar-refractivity contribution is 0.0935. The minimum Gasteiger partial charge on any atom is -0.508 e. The number of benzene rings is 3. The van der Waals surface area contributed by atoms with Crippen molar-refractivity contribution in [2.24, 2.45) is 0 Å². The molecule has 1 aliphatic heterocycles. The van der Waals surface area contributed by atoms with Crippen LogP contribution in [0, 0.1) is 0 Å². The van der Waals surface area contributed by atoms with Crippen molar-refractivity contribution in [3.63, 3.8) is 0 Å². The van der Waals surface area contributed by atoms with Gasteiger partial charge in [0.05, 0.1) is 5.56 Å². The average molecular weight is 290 g/mol. The maximum Gasteiger partial charge on any atom is 0.255 e. The Kier molecular flexibility index (Phi) is 2.76. The number of phenolic OH excluding ortho intramolecular Hbond substituents is 1. The van der Waals surface area contributed by atoms with E-state index in [0.717, 1.165) is 22.0 Å². The third-order valence-electron chi connectivity index (χ3n) is 3.96. The van der Waals surface area contributed by atoms with Gasteiger partial charge in [-0.1, -0.05) is 42.5 Å². The molecule has 0 saturated carbocycles. The van der Waals surface area contributed by atoms with Crippen molar-refractivity contribution < 1.29 is 9.90 Å². The van der Waals surface area contributed by atoms with Crippen LogP contribution in [0.5, 0.6) is 5.75 Å². The van der Waals surface area contributed by atoms with Crippen molar-refractivity contribution in [1.29, 1.82) is 0 Å². The van der Waals surface area contributed by atoms with E-state index < -0.39 is 0 Å². The van der Waals surface area contributed by atoms with Crippen molar-refractivity contribution in [2.45, 2.75) is 6.17 Å². The molecule has 1 aliphatic rings. The Hall–Kier alpha value is -3.01. The van der Waals surface area contributed by atoms with Crippen LogP contribution in [0.4, 0.5) is 5.69 Å². The molecule has 4 nitrogen and oxygen atoms in total. The molecule has 3 aromatic carbocycles. The Bertz CT molecular complexity index is 884. The van der Waals surface area contributed by atoms with Gasteiger partial charge >= 0.3 is 0 Å². The first kappa shape index (κ1) is 12.7. The van der Waals surface area contributed by atoms with Crippen LogP contribution < -0.4 is 10.6 Å². The molecule has 0 saturated heterocycles. The highest BCUT2D eigenvalue weighted by molar-refractivity contribution is 6.02. The van der Waals surface area contributed by atoms with E-state index in [0.29, 0.717) is 5.56 Å². The molecular formula is C18H14N2O2. The Morgan fingerprint density at radius 2 is 1.73 bits per heavy atom. The fourth-order valence-electron chi connectivity index (χ4n) is 2.90. The predicted octanol–water partition coefficient (Wildman–Crippen LogP) is 3.40. The highest BCUT2D eigenvalue weighted by Crippen LogP contribution is 2.31. The number of carbonyl (C=O) groups excluding carboxylic acids is 1. The number of phenols is 1. The summed E-state index contributed by atoms with van der Waals surface area (Å²) in [7, 11) is 0. The monoisotopic (exact) mass is 290 g/mol. The molecule has 108 valence electrons. The van der Waals surface area contributed by atoms with Gasteiger partial charge in [0.2, 0.25) is 0 Å². The zero-order valence-electron chi connectivity index (χ0n) is 11.7. The van der Waals surface area contributed by atoms with Crippen molar-refractivity contribution in [1.82, 2.24) is 5.32 Å². The number of nitrogens with one attached hydrogen (secondary N) is 2. The maximum absolute atomic E-state index is 12.3. The zero-order chi connectivity index (χ0) is 15.1. The minimum atomic E-state index is -0.296. The molecule has 0 aliphatic carbocycles. The van der Waals surface area contributed by atoms with Crippen LogP contribution in [-0.4, -0.2) is 11.0 Å². The predicted molar refractivity (Wildman–Crippen MR) is 85.9 cm³/mol. The van der Waals surface area contributed by atoms with Crippen LogP contribution in [0.1, 0.15) is 22.1 Å². The molecule has 3 aromatic rings. The molecule has 0 radical (unpaired) electrons. The smallest absolute Gasteiger partial charge is 0.255 e. The second-order valence-corrected chi connectivity index (χ2v) is 5.35. The number of anilines is 1. The summed E-state index contributed by atoms with van der Waals surface area (Å²) in [4.78, 5) is 12.3. The lowest BCUT2D eigenvalue weighted by Crippen LogP contribution is -2.38. The second-order valence-electron chi connectivity index (χ2n) is 5.35. The highest BCUT2D eigenvalue weighted by atomic mass is 16.3. The summed E-state index contributed by atoms with van der Waals surface area (Å²) >= 11 is 0. The quantitative estimate of drug-likeness (QED) is 0.602. The molecular weight excluding hydrogens is 276 g/mol. The van der Waals surface area contributed by atoms with Gasteiger partial charge in [-0.05, 0) is 29.0 Å². The molecule has 0 bridgehead atoms. The third-order valence-corrected chi connectivity index (χ3v) is 3.96. The van der Waals surface area contributed by atoms with Gasteiger partial charge in [0, 0.05) is 11.3 Å². The number of fused-ring (bicyclic) bond motifs is 2. The molecule has 0 spiro atoms. The summed E-state index contributed by atoms with van der Waals surface area (Å²) in [5.74, 6) is -0.109. The number of hydrogen-bond donors (Lipinski definition) is 3. The summed E-state index contributed by atoms with van der Waals surface area (Å²) in [5, 5.41) is 18.0. The Balaban J connectivity index is 1.81. The van der Waals surface area contributed by atoms with Crippen LogP contribution >= 0.6 is 0 Å². The van der Waals surface area contributed by atoms with Crippen LogP contribution in [0.2, 0.25) is 0 Å². The fourth-order valence-corrected chi connectivity index (χ4v) is 2.90. The molecule has 0 fully saturated rings. The molecule has 1 heterocycles. The van der Waals surface area contributed by atoms with Crippen molar-refractivity contribution in [3.8, 4) is 5.75 Å². The number of carbonyl (C=O) groups is 1. The normalized spacial score (nSPS) is 16.7. The van der Waals surface area contributed by atoms with Gasteiger partial charge in [0.1, 0.15) is 11.9 Å². The Morgan fingerprint density at radius 1 is 0.909 bits per heavy atom. The van der Waals surface area contributed by atoms with Crippen LogP contribution in [0.15, 0.2) is 60.7 Å². The van der Waals surface area contributed by atoms with E-state index >= 15 is 0 Å². The topological polar surface area (TPSA) is 61.4 Å². The SMILES string of the molecule is O=C1N[C@@H](c2cccc3ccccc23)Nc2ccc(O)cc21. The van der Waals surface area contributed by atoms with Crippen molar-refractivity contribution in [3.05, 3.63) is 71.8 Å². The fraction of sp³-hybridized carbons (Fsp3) is 0.0556. The summed E-state index contributed by atoms with van der Waals surface area (Å²) < 4.78 is 0. The third kappa shape index (κ3) is 1.97. The van der Waals surface area contributed by atoms with Gasteiger partial charge in [-0.15, -0.1) is 0 Å². The van der Waals surface area contributed by atoms with Gasteiger partial charge in [-0.25, -0.2) is 0 Å². The zero-order valence-corrected chi connectivity index (χ0v) is 11.7. The molecule has 1 atom stereocenters. The van der Waals surface area contributed by atoms with Crippen LogP contribution in [0.25, 0.3) is 10.8 Å². The van der Waals surface area contributed by atoms with Gasteiger partial charge in [-0.2, -0.15) is 0 Å². The lowest BCUT2D eigenvalue weighted by Gasteiger charge is -2.29. The average Bonchev–Trinajstić information content (AvgIpc) is 2.55. The first-order chi connectivity index (χ1) is 10.7. The standard InChI is InChI=1S/C18H14N2O2/c21-12-8-9-16-15(10-12)18(22)20-17(19-16)14-7-3-5-11-4-1-2-6-13(11)14/h1-10,17,19,21H,(H,20,22)/t17-/m0/s1. The summed E-state index contributed by atoms with van der Waals surface area (Å²) in [6.07, 6.45) is -0.296. The van der Waals surface area contributed by atoms with E-state index in [1.54, 1.807) is 12.1 Å². The van der Waals surface area contributed by atoms with E-state index in [2.05, 4.69) is 22.8 Å². The van der Waals surface area contributed by atoms with E-state index in [4.69, 9.17) is 0 Å². The maximum atomic E-state index is 12.3.